The second-order valence-corrected chi connectivity index (χ2v) is 9.65. The number of benzene rings is 2. The summed E-state index contributed by atoms with van der Waals surface area (Å²) in [6, 6.07) is 12.2. The van der Waals surface area contributed by atoms with Crippen molar-refractivity contribution in [3.05, 3.63) is 65.0 Å². The Morgan fingerprint density at radius 1 is 1.11 bits per heavy atom. The van der Waals surface area contributed by atoms with Gasteiger partial charge in [-0.3, -0.25) is 9.63 Å². The summed E-state index contributed by atoms with van der Waals surface area (Å²) in [5.74, 6) is 0.631. The molecule has 0 radical (unpaired) electrons. The highest BCUT2D eigenvalue weighted by atomic mass is 19.1. The molecule has 1 saturated heterocycles. The fourth-order valence-electron chi connectivity index (χ4n) is 4.66. The Kier molecular flexibility index (Phi) is 10.7. The fourth-order valence-corrected chi connectivity index (χ4v) is 4.66. The van der Waals surface area contributed by atoms with E-state index in [-0.39, 0.29) is 35.8 Å². The van der Waals surface area contributed by atoms with Crippen LogP contribution in [0.3, 0.4) is 0 Å². The van der Waals surface area contributed by atoms with Gasteiger partial charge < -0.3 is 9.47 Å². The van der Waals surface area contributed by atoms with Crippen LogP contribution in [-0.4, -0.2) is 31.1 Å². The Bertz CT molecular complexity index is 931. The summed E-state index contributed by atoms with van der Waals surface area (Å²) in [5, 5.41) is 0. The quantitative estimate of drug-likeness (QED) is 0.440. The van der Waals surface area contributed by atoms with E-state index in [0.717, 1.165) is 48.1 Å². The number of hydrogen-bond donors (Lipinski definition) is 1. The topological polar surface area (TPSA) is 56.8 Å². The lowest BCUT2D eigenvalue weighted by molar-refractivity contribution is -0.0651. The zero-order valence-electron chi connectivity index (χ0n) is 21.5. The van der Waals surface area contributed by atoms with Gasteiger partial charge >= 0.3 is 0 Å². The van der Waals surface area contributed by atoms with E-state index in [0.29, 0.717) is 26.0 Å². The minimum atomic E-state index is -0.267. The number of halogens is 1. The minimum absolute atomic E-state index is 0.0431. The fraction of sp³-hybridized carbons (Fsp3) is 0.552. The van der Waals surface area contributed by atoms with Crippen LogP contribution in [0.4, 0.5) is 4.39 Å². The van der Waals surface area contributed by atoms with E-state index in [9.17, 15) is 9.18 Å². The van der Waals surface area contributed by atoms with Gasteiger partial charge in [-0.2, -0.15) is 0 Å². The van der Waals surface area contributed by atoms with Gasteiger partial charge in [0.05, 0.1) is 12.2 Å². The lowest BCUT2D eigenvalue weighted by atomic mass is 9.88. The molecule has 0 amide bonds. The maximum Gasteiger partial charge on any atom is 0.166 e. The first-order valence-electron chi connectivity index (χ1n) is 12.9. The first kappa shape index (κ1) is 27.3. The van der Waals surface area contributed by atoms with E-state index in [1.54, 1.807) is 12.1 Å². The Balaban J connectivity index is 1.70. The predicted octanol–water partition coefficient (Wildman–Crippen LogP) is 6.74. The molecule has 3 rings (SSSR count). The molecular formula is C29H40FNO4. The molecule has 0 saturated carbocycles. The number of carbonyl (C=O) groups excluding carboxylic acids is 1. The van der Waals surface area contributed by atoms with Crippen LogP contribution in [0.5, 0.6) is 5.75 Å². The minimum Gasteiger partial charge on any atom is -0.491 e. The summed E-state index contributed by atoms with van der Waals surface area (Å²) < 4.78 is 25.3. The molecule has 2 aromatic rings. The van der Waals surface area contributed by atoms with Gasteiger partial charge in [0.1, 0.15) is 17.7 Å². The standard InChI is InChI=1S/C29H40FNO4/c1-5-33-26-9-7-6-8-23(29(32)24-12-15-27(21(4)18-24)34-20(2)3)16-17-31-35-28(19-26)22-10-13-25(30)14-11-22/h10-15,18,20,23,26,28,31H,5-9,16-17,19H2,1-4H3. The van der Waals surface area contributed by atoms with E-state index < -0.39 is 0 Å². The average molecular weight is 486 g/mol. The molecule has 1 fully saturated rings. The lowest BCUT2D eigenvalue weighted by Gasteiger charge is -2.26. The van der Waals surface area contributed by atoms with E-state index in [2.05, 4.69) is 5.48 Å². The van der Waals surface area contributed by atoms with Crippen molar-refractivity contribution in [3.8, 4) is 5.75 Å². The second kappa shape index (κ2) is 13.7. The van der Waals surface area contributed by atoms with Gasteiger partial charge in [-0.05, 0) is 88.4 Å². The summed E-state index contributed by atoms with van der Waals surface area (Å²) in [4.78, 5) is 19.5. The lowest BCUT2D eigenvalue weighted by Crippen LogP contribution is -2.28. The van der Waals surface area contributed by atoms with E-state index in [4.69, 9.17) is 14.3 Å². The monoisotopic (exact) mass is 485 g/mol. The molecule has 1 aliphatic rings. The molecule has 35 heavy (non-hydrogen) atoms. The van der Waals surface area contributed by atoms with Crippen LogP contribution in [-0.2, 0) is 9.57 Å². The van der Waals surface area contributed by atoms with Crippen LogP contribution >= 0.6 is 0 Å². The second-order valence-electron chi connectivity index (χ2n) is 9.65. The molecule has 1 heterocycles. The Labute approximate surface area is 209 Å². The summed E-state index contributed by atoms with van der Waals surface area (Å²) in [7, 11) is 0. The summed E-state index contributed by atoms with van der Waals surface area (Å²) in [5.41, 5.74) is 5.70. The molecule has 1 aliphatic heterocycles. The highest BCUT2D eigenvalue weighted by Crippen LogP contribution is 2.29. The number of nitrogens with one attached hydrogen (secondary N) is 1. The Hall–Kier alpha value is -2.28. The van der Waals surface area contributed by atoms with Crippen LogP contribution < -0.4 is 10.2 Å². The number of hydrogen-bond acceptors (Lipinski definition) is 5. The molecule has 6 heteroatoms. The number of rotatable bonds is 7. The summed E-state index contributed by atoms with van der Waals surface area (Å²) in [6.45, 7) is 9.15. The Morgan fingerprint density at radius 2 is 1.86 bits per heavy atom. The van der Waals surface area contributed by atoms with Crippen LogP contribution in [0, 0.1) is 18.7 Å². The zero-order valence-corrected chi connectivity index (χ0v) is 21.5. The van der Waals surface area contributed by atoms with Crippen LogP contribution in [0.25, 0.3) is 0 Å². The van der Waals surface area contributed by atoms with Gasteiger partial charge in [-0.25, -0.2) is 9.87 Å². The van der Waals surface area contributed by atoms with E-state index in [1.165, 1.54) is 12.1 Å². The van der Waals surface area contributed by atoms with Crippen molar-refractivity contribution in [1.29, 1.82) is 0 Å². The molecule has 2 aromatic carbocycles. The smallest absolute Gasteiger partial charge is 0.166 e. The van der Waals surface area contributed by atoms with Crippen molar-refractivity contribution in [1.82, 2.24) is 5.48 Å². The molecule has 3 atom stereocenters. The largest absolute Gasteiger partial charge is 0.491 e. The van der Waals surface area contributed by atoms with Gasteiger partial charge in [-0.15, -0.1) is 0 Å². The molecule has 5 nitrogen and oxygen atoms in total. The van der Waals surface area contributed by atoms with Crippen LogP contribution in [0.15, 0.2) is 42.5 Å². The van der Waals surface area contributed by atoms with E-state index >= 15 is 0 Å². The van der Waals surface area contributed by atoms with Crippen molar-refractivity contribution < 1.29 is 23.5 Å². The van der Waals surface area contributed by atoms with Crippen molar-refractivity contribution in [2.24, 2.45) is 5.92 Å². The van der Waals surface area contributed by atoms with Gasteiger partial charge in [0, 0.05) is 31.1 Å². The molecule has 0 aromatic heterocycles. The van der Waals surface area contributed by atoms with Gasteiger partial charge in [0.2, 0.25) is 0 Å². The average Bonchev–Trinajstić information content (AvgIpc) is 2.82. The molecule has 0 spiro atoms. The van der Waals surface area contributed by atoms with Crippen molar-refractivity contribution in [3.63, 3.8) is 0 Å². The summed E-state index contributed by atoms with van der Waals surface area (Å²) >= 11 is 0. The van der Waals surface area contributed by atoms with E-state index in [1.807, 2.05) is 45.9 Å². The van der Waals surface area contributed by atoms with Crippen molar-refractivity contribution in [2.75, 3.05) is 13.2 Å². The number of carbonyl (C=O) groups is 1. The van der Waals surface area contributed by atoms with Crippen LogP contribution in [0.2, 0.25) is 0 Å². The molecule has 0 aliphatic carbocycles. The molecular weight excluding hydrogens is 445 g/mol. The number of ether oxygens (including phenoxy) is 2. The first-order valence-corrected chi connectivity index (χ1v) is 12.9. The van der Waals surface area contributed by atoms with Gasteiger partial charge in [-0.1, -0.05) is 25.0 Å². The molecule has 3 unspecified atom stereocenters. The molecule has 1 N–H and O–H groups in total. The normalized spacial score (nSPS) is 22.3. The summed E-state index contributed by atoms with van der Waals surface area (Å²) in [6.07, 6.45) is 4.95. The third-order valence-electron chi connectivity index (χ3n) is 6.46. The molecule has 0 bridgehead atoms. The number of aryl methyl sites for hydroxylation is 1. The predicted molar refractivity (Wildman–Crippen MR) is 136 cm³/mol. The van der Waals surface area contributed by atoms with Gasteiger partial charge in [0.15, 0.2) is 5.78 Å². The maximum atomic E-state index is 13.5. The molecule has 192 valence electrons. The highest BCUT2D eigenvalue weighted by molar-refractivity contribution is 5.98. The van der Waals surface area contributed by atoms with Gasteiger partial charge in [0.25, 0.3) is 0 Å². The maximum absolute atomic E-state index is 13.5. The zero-order chi connectivity index (χ0) is 25.2. The highest BCUT2D eigenvalue weighted by Gasteiger charge is 2.24. The number of ketones is 1. The number of hydroxylamine groups is 1. The SMILES string of the molecule is CCOC1CCCCC(C(=O)c2ccc(OC(C)C)c(C)c2)CCNOC(c2ccc(F)cc2)C1. The Morgan fingerprint density at radius 3 is 2.54 bits per heavy atom. The van der Waals surface area contributed by atoms with Crippen LogP contribution in [0.1, 0.15) is 86.9 Å². The third kappa shape index (κ3) is 8.41. The number of Topliss-reactive ketones (excluding diaryl/α,β-unsaturated/α-hetero) is 1. The third-order valence-corrected chi connectivity index (χ3v) is 6.46. The van der Waals surface area contributed by atoms with Crippen molar-refractivity contribution >= 4 is 5.78 Å². The van der Waals surface area contributed by atoms with Crippen molar-refractivity contribution in [2.45, 2.75) is 84.5 Å². The first-order chi connectivity index (χ1) is 16.9.